The largest absolute Gasteiger partial charge is 0.508 e. The van der Waals surface area contributed by atoms with Crippen LogP contribution in [0.2, 0.25) is 0 Å². The number of hydrogen-bond acceptors (Lipinski definition) is 3. The fourth-order valence-electron chi connectivity index (χ4n) is 3.33. The Bertz CT molecular complexity index is 424. The van der Waals surface area contributed by atoms with E-state index in [1.807, 2.05) is 12.1 Å². The molecule has 1 aromatic carbocycles. The van der Waals surface area contributed by atoms with Gasteiger partial charge >= 0.3 is 0 Å². The second-order valence-corrected chi connectivity index (χ2v) is 7.07. The molecule has 2 unspecified atom stereocenters. The van der Waals surface area contributed by atoms with Crippen LogP contribution in [0.15, 0.2) is 24.3 Å². The van der Waals surface area contributed by atoms with E-state index in [4.69, 9.17) is 0 Å². The maximum Gasteiger partial charge on any atom is 0.115 e. The topological polar surface area (TPSA) is 35.5 Å². The molecule has 3 nitrogen and oxygen atoms in total. The predicted octanol–water partition coefficient (Wildman–Crippen LogP) is 3.42. The van der Waals surface area contributed by atoms with Crippen molar-refractivity contribution in [2.45, 2.75) is 58.5 Å². The van der Waals surface area contributed by atoms with Crippen molar-refractivity contribution in [1.82, 2.24) is 10.2 Å². The Morgan fingerprint density at radius 2 is 1.73 bits per heavy atom. The minimum absolute atomic E-state index is 0.348. The van der Waals surface area contributed by atoms with Crippen LogP contribution in [-0.2, 0) is 6.42 Å². The van der Waals surface area contributed by atoms with Gasteiger partial charge < -0.3 is 10.4 Å². The highest BCUT2D eigenvalue weighted by molar-refractivity contribution is 5.25. The third kappa shape index (κ3) is 5.29. The number of nitrogens with one attached hydrogen (secondary N) is 1. The van der Waals surface area contributed by atoms with Gasteiger partial charge in [0.25, 0.3) is 0 Å². The molecule has 0 bridgehead atoms. The lowest BCUT2D eigenvalue weighted by atomic mass is 10.0. The molecule has 124 valence electrons. The number of phenols is 1. The van der Waals surface area contributed by atoms with E-state index in [-0.39, 0.29) is 0 Å². The van der Waals surface area contributed by atoms with Crippen molar-refractivity contribution in [3.63, 3.8) is 0 Å². The Balaban J connectivity index is 1.73. The van der Waals surface area contributed by atoms with E-state index in [1.165, 1.54) is 31.5 Å². The number of phenolic OH excluding ortho intramolecular Hbond substituents is 1. The van der Waals surface area contributed by atoms with Crippen molar-refractivity contribution >= 4 is 0 Å². The highest BCUT2D eigenvalue weighted by Crippen LogP contribution is 2.17. The van der Waals surface area contributed by atoms with E-state index in [1.54, 1.807) is 12.1 Å². The third-order valence-corrected chi connectivity index (χ3v) is 4.86. The molecule has 2 atom stereocenters. The molecule has 1 aromatic rings. The molecule has 1 aliphatic rings. The van der Waals surface area contributed by atoms with E-state index in [9.17, 15) is 5.11 Å². The Hall–Kier alpha value is -1.06. The summed E-state index contributed by atoms with van der Waals surface area (Å²) in [6.07, 6.45) is 4.92. The van der Waals surface area contributed by atoms with Crippen molar-refractivity contribution in [3.8, 4) is 5.75 Å². The maximum atomic E-state index is 9.32. The summed E-state index contributed by atoms with van der Waals surface area (Å²) in [5.41, 5.74) is 1.30. The van der Waals surface area contributed by atoms with Gasteiger partial charge in [-0.15, -0.1) is 0 Å². The third-order valence-electron chi connectivity index (χ3n) is 4.86. The van der Waals surface area contributed by atoms with Gasteiger partial charge in [-0.25, -0.2) is 0 Å². The van der Waals surface area contributed by atoms with Crippen molar-refractivity contribution < 1.29 is 5.11 Å². The van der Waals surface area contributed by atoms with E-state index >= 15 is 0 Å². The van der Waals surface area contributed by atoms with E-state index < -0.39 is 0 Å². The van der Waals surface area contributed by atoms with Crippen LogP contribution in [0, 0.1) is 5.92 Å². The molecule has 0 spiro atoms. The number of aryl methyl sites for hydroxylation is 1. The van der Waals surface area contributed by atoms with Gasteiger partial charge in [-0.3, -0.25) is 4.90 Å². The van der Waals surface area contributed by atoms with Crippen LogP contribution in [0.4, 0.5) is 0 Å². The lowest BCUT2D eigenvalue weighted by Gasteiger charge is -2.32. The second kappa shape index (κ2) is 8.54. The fourth-order valence-corrected chi connectivity index (χ4v) is 3.33. The molecule has 3 heteroatoms. The molecule has 2 N–H and O–H groups in total. The molecule has 0 aliphatic carbocycles. The summed E-state index contributed by atoms with van der Waals surface area (Å²) in [5, 5.41) is 13.0. The molecule has 0 radical (unpaired) electrons. The van der Waals surface area contributed by atoms with Crippen molar-refractivity contribution in [1.29, 1.82) is 0 Å². The van der Waals surface area contributed by atoms with Crippen LogP contribution in [0.25, 0.3) is 0 Å². The highest BCUT2D eigenvalue weighted by atomic mass is 16.3. The lowest BCUT2D eigenvalue weighted by Crippen LogP contribution is -2.46. The summed E-state index contributed by atoms with van der Waals surface area (Å²) in [7, 11) is 0. The summed E-state index contributed by atoms with van der Waals surface area (Å²) in [6.45, 7) is 10.6. The first-order valence-corrected chi connectivity index (χ1v) is 8.81. The molecule has 1 heterocycles. The average Bonchev–Trinajstić information content (AvgIpc) is 3.00. The molecule has 1 fully saturated rings. The van der Waals surface area contributed by atoms with E-state index in [0.717, 1.165) is 19.4 Å². The molecule has 22 heavy (non-hydrogen) atoms. The SMILES string of the molecule is CC(CCc1ccc(O)cc1)NCC(C(C)C)N1CCCC1. The van der Waals surface area contributed by atoms with Gasteiger partial charge in [0.1, 0.15) is 5.75 Å². The highest BCUT2D eigenvalue weighted by Gasteiger charge is 2.24. The Morgan fingerprint density at radius 3 is 2.32 bits per heavy atom. The van der Waals surface area contributed by atoms with Gasteiger partial charge in [-0.2, -0.15) is 0 Å². The summed E-state index contributed by atoms with van der Waals surface area (Å²) in [6, 6.07) is 8.77. The zero-order valence-corrected chi connectivity index (χ0v) is 14.4. The lowest BCUT2D eigenvalue weighted by molar-refractivity contribution is 0.182. The molecular weight excluding hydrogens is 272 g/mol. The Labute approximate surface area is 135 Å². The Morgan fingerprint density at radius 1 is 1.09 bits per heavy atom. The molecule has 0 saturated carbocycles. The van der Waals surface area contributed by atoms with Gasteiger partial charge in [0.15, 0.2) is 0 Å². The zero-order valence-electron chi connectivity index (χ0n) is 14.4. The zero-order chi connectivity index (χ0) is 15.9. The van der Waals surface area contributed by atoms with E-state index in [2.05, 4.69) is 31.0 Å². The molecule has 0 amide bonds. The number of aromatic hydroxyl groups is 1. The minimum atomic E-state index is 0.348. The molecule has 0 aromatic heterocycles. The quantitative estimate of drug-likeness (QED) is 0.772. The molecule has 1 aliphatic heterocycles. The summed E-state index contributed by atoms with van der Waals surface area (Å²) in [4.78, 5) is 2.66. The van der Waals surface area contributed by atoms with Gasteiger partial charge in [0, 0.05) is 18.6 Å². The van der Waals surface area contributed by atoms with Crippen LogP contribution in [-0.4, -0.2) is 41.7 Å². The van der Waals surface area contributed by atoms with Crippen LogP contribution >= 0.6 is 0 Å². The summed E-state index contributed by atoms with van der Waals surface area (Å²) < 4.78 is 0. The number of rotatable bonds is 8. The monoisotopic (exact) mass is 304 g/mol. The van der Waals surface area contributed by atoms with Crippen LogP contribution in [0.3, 0.4) is 0 Å². The number of hydrogen-bond donors (Lipinski definition) is 2. The van der Waals surface area contributed by atoms with Crippen LogP contribution in [0.5, 0.6) is 5.75 Å². The number of benzene rings is 1. The first-order valence-electron chi connectivity index (χ1n) is 8.81. The number of nitrogens with zero attached hydrogens (tertiary/aromatic N) is 1. The molecule has 1 saturated heterocycles. The average molecular weight is 304 g/mol. The van der Waals surface area contributed by atoms with Gasteiger partial charge in [0.2, 0.25) is 0 Å². The van der Waals surface area contributed by atoms with Crippen LogP contribution < -0.4 is 5.32 Å². The van der Waals surface area contributed by atoms with Gasteiger partial charge in [-0.05, 0) is 69.3 Å². The number of likely N-dealkylation sites (tertiary alicyclic amines) is 1. The maximum absolute atomic E-state index is 9.32. The fraction of sp³-hybridized carbons (Fsp3) is 0.684. The van der Waals surface area contributed by atoms with Gasteiger partial charge in [0.05, 0.1) is 0 Å². The smallest absolute Gasteiger partial charge is 0.115 e. The first kappa shape index (κ1) is 17.3. The van der Waals surface area contributed by atoms with Crippen molar-refractivity contribution in [2.75, 3.05) is 19.6 Å². The van der Waals surface area contributed by atoms with Crippen molar-refractivity contribution in [3.05, 3.63) is 29.8 Å². The Kier molecular flexibility index (Phi) is 6.71. The second-order valence-electron chi connectivity index (χ2n) is 7.07. The summed E-state index contributed by atoms with van der Waals surface area (Å²) in [5.74, 6) is 1.05. The van der Waals surface area contributed by atoms with Crippen LogP contribution in [0.1, 0.15) is 45.6 Å². The predicted molar refractivity (Wildman–Crippen MR) is 93.3 cm³/mol. The van der Waals surface area contributed by atoms with Crippen molar-refractivity contribution in [2.24, 2.45) is 5.92 Å². The van der Waals surface area contributed by atoms with Gasteiger partial charge in [-0.1, -0.05) is 26.0 Å². The first-order chi connectivity index (χ1) is 10.6. The normalized spacial score (nSPS) is 18.7. The molecular formula is C19H32N2O. The van der Waals surface area contributed by atoms with E-state index in [0.29, 0.717) is 23.8 Å². The summed E-state index contributed by atoms with van der Waals surface area (Å²) >= 11 is 0. The standard InChI is InChI=1S/C19H32N2O/c1-15(2)19(21-12-4-5-13-21)14-20-16(3)6-7-17-8-10-18(22)11-9-17/h8-11,15-16,19-20,22H,4-7,12-14H2,1-3H3. The minimum Gasteiger partial charge on any atom is -0.508 e. The molecule has 2 rings (SSSR count).